The molecule has 0 N–H and O–H groups in total. The van der Waals surface area contributed by atoms with Gasteiger partial charge in [0.2, 0.25) is 0 Å². The first-order valence-corrected chi connectivity index (χ1v) is 8.56. The van der Waals surface area contributed by atoms with E-state index in [-0.39, 0.29) is 5.49 Å². The number of hydrogen-bond acceptors (Lipinski definition) is 5. The summed E-state index contributed by atoms with van der Waals surface area (Å²) in [4.78, 5) is 0. The lowest BCUT2D eigenvalue weighted by Gasteiger charge is -2.16. The summed E-state index contributed by atoms with van der Waals surface area (Å²) < 4.78 is 28.1. The minimum absolute atomic E-state index is 0.190. The molecule has 0 aliphatic rings. The summed E-state index contributed by atoms with van der Waals surface area (Å²) >= 11 is 1.09. The molecule has 1 atom stereocenters. The minimum Gasteiger partial charge on any atom is -0.425 e. The van der Waals surface area contributed by atoms with Gasteiger partial charge in [0.1, 0.15) is 11.2 Å². The maximum atomic E-state index is 12.2. The van der Waals surface area contributed by atoms with E-state index in [2.05, 4.69) is 0 Å². The molecule has 4 nitrogen and oxygen atoms in total. The van der Waals surface area contributed by atoms with Crippen LogP contribution in [0.2, 0.25) is 0 Å². The van der Waals surface area contributed by atoms with Crippen LogP contribution in [0.25, 0.3) is 0 Å². The third-order valence-electron chi connectivity index (χ3n) is 1.93. The van der Waals surface area contributed by atoms with E-state index in [1.165, 1.54) is 0 Å². The largest absolute Gasteiger partial charge is 0.425 e. The molecule has 0 heterocycles. The molecule has 0 spiro atoms. The van der Waals surface area contributed by atoms with Gasteiger partial charge in [-0.3, -0.25) is 4.57 Å². The molecule has 102 valence electrons. The summed E-state index contributed by atoms with van der Waals surface area (Å²) in [5, 5.41) is 0. The van der Waals surface area contributed by atoms with Gasteiger partial charge >= 0.3 is 7.60 Å². The van der Waals surface area contributed by atoms with Crippen molar-refractivity contribution in [2.24, 2.45) is 0 Å². The molecule has 0 amide bonds. The Kier molecular flexibility index (Phi) is 7.44. The van der Waals surface area contributed by atoms with E-state index in [1.807, 2.05) is 37.3 Å². The van der Waals surface area contributed by atoms with Crippen LogP contribution in [0.3, 0.4) is 0 Å². The second kappa shape index (κ2) is 8.59. The smallest absolute Gasteiger partial charge is 0.343 e. The molecule has 0 radical (unpaired) electrons. The standard InChI is InChI=1S/C12H19O4PS/c1-3-10-15-17(13,14-4-2)11-18-16-12-8-6-5-7-9-12/h5-9H,3-4,10-11H2,1-2H3. The predicted molar refractivity (Wildman–Crippen MR) is 75.0 cm³/mol. The van der Waals surface area contributed by atoms with Crippen molar-refractivity contribution in [3.05, 3.63) is 30.3 Å². The molecular formula is C12H19O4PS. The Bertz CT molecular complexity index is 372. The van der Waals surface area contributed by atoms with Crippen molar-refractivity contribution < 1.29 is 17.8 Å². The second-order valence-corrected chi connectivity index (χ2v) is 6.68. The maximum absolute atomic E-state index is 12.2. The van der Waals surface area contributed by atoms with Gasteiger partial charge in [0, 0.05) is 0 Å². The Labute approximate surface area is 113 Å². The van der Waals surface area contributed by atoms with Crippen LogP contribution in [0, 0.1) is 0 Å². The normalized spacial score (nSPS) is 14.1. The van der Waals surface area contributed by atoms with Crippen molar-refractivity contribution in [3.63, 3.8) is 0 Å². The Morgan fingerprint density at radius 2 is 1.89 bits per heavy atom. The van der Waals surface area contributed by atoms with E-state index in [0.717, 1.165) is 24.2 Å². The van der Waals surface area contributed by atoms with E-state index < -0.39 is 7.60 Å². The molecule has 0 aromatic heterocycles. The van der Waals surface area contributed by atoms with Gasteiger partial charge in [-0.2, -0.15) is 0 Å². The summed E-state index contributed by atoms with van der Waals surface area (Å²) in [5.41, 5.74) is 0.190. The summed E-state index contributed by atoms with van der Waals surface area (Å²) in [6.07, 6.45) is 0.807. The third kappa shape index (κ3) is 5.91. The quantitative estimate of drug-likeness (QED) is 0.500. The zero-order valence-electron chi connectivity index (χ0n) is 10.7. The maximum Gasteiger partial charge on any atom is 0.343 e. The molecule has 1 rings (SSSR count). The number of benzene rings is 1. The fourth-order valence-electron chi connectivity index (χ4n) is 1.17. The van der Waals surface area contributed by atoms with E-state index in [9.17, 15) is 4.57 Å². The summed E-state index contributed by atoms with van der Waals surface area (Å²) in [7, 11) is -3.03. The predicted octanol–water partition coefficient (Wildman–Crippen LogP) is 4.33. The summed E-state index contributed by atoms with van der Waals surface area (Å²) in [6.45, 7) is 4.56. The monoisotopic (exact) mass is 290 g/mol. The first-order valence-electron chi connectivity index (χ1n) is 5.93. The van der Waals surface area contributed by atoms with Crippen LogP contribution in [0.15, 0.2) is 30.3 Å². The van der Waals surface area contributed by atoms with Gasteiger partial charge in [-0.05, 0) is 25.5 Å². The fourth-order valence-corrected chi connectivity index (χ4v) is 3.67. The van der Waals surface area contributed by atoms with Gasteiger partial charge < -0.3 is 13.2 Å². The molecule has 1 aromatic rings. The SMILES string of the molecule is CCCOP(=O)(CSOc1ccccc1)OCC. The molecule has 0 saturated heterocycles. The van der Waals surface area contributed by atoms with Gasteiger partial charge in [0.15, 0.2) is 0 Å². The van der Waals surface area contributed by atoms with Gasteiger partial charge in [0.05, 0.1) is 25.3 Å². The van der Waals surface area contributed by atoms with Crippen molar-refractivity contribution in [1.29, 1.82) is 0 Å². The van der Waals surface area contributed by atoms with Crippen LogP contribution >= 0.6 is 19.6 Å². The zero-order chi connectivity index (χ0) is 13.3. The molecule has 0 bridgehead atoms. The van der Waals surface area contributed by atoms with Crippen LogP contribution in [-0.2, 0) is 13.6 Å². The van der Waals surface area contributed by atoms with E-state index in [4.69, 9.17) is 13.2 Å². The highest BCUT2D eigenvalue weighted by molar-refractivity contribution is 8.00. The number of rotatable bonds is 9. The molecule has 18 heavy (non-hydrogen) atoms. The summed E-state index contributed by atoms with van der Waals surface area (Å²) in [6, 6.07) is 9.35. The molecule has 0 saturated carbocycles. The highest BCUT2D eigenvalue weighted by Crippen LogP contribution is 2.51. The first-order chi connectivity index (χ1) is 8.70. The van der Waals surface area contributed by atoms with E-state index in [0.29, 0.717) is 13.2 Å². The fraction of sp³-hybridized carbons (Fsp3) is 0.500. The van der Waals surface area contributed by atoms with Crippen LogP contribution in [-0.4, -0.2) is 18.7 Å². The molecule has 0 aliphatic heterocycles. The van der Waals surface area contributed by atoms with Gasteiger partial charge in [-0.25, -0.2) is 0 Å². The molecule has 1 aromatic carbocycles. The van der Waals surface area contributed by atoms with Crippen molar-refractivity contribution in [1.82, 2.24) is 0 Å². The molecule has 1 unspecified atom stereocenters. The van der Waals surface area contributed by atoms with Crippen LogP contribution < -0.4 is 4.18 Å². The summed E-state index contributed by atoms with van der Waals surface area (Å²) in [5.74, 6) is 0.723. The Balaban J connectivity index is 2.40. The van der Waals surface area contributed by atoms with Crippen LogP contribution in [0.4, 0.5) is 0 Å². The Hall–Kier alpha value is -0.480. The average molecular weight is 290 g/mol. The van der Waals surface area contributed by atoms with Crippen molar-refractivity contribution >= 4 is 19.6 Å². The van der Waals surface area contributed by atoms with Crippen molar-refractivity contribution in [2.45, 2.75) is 20.3 Å². The van der Waals surface area contributed by atoms with E-state index >= 15 is 0 Å². The minimum atomic E-state index is -3.03. The topological polar surface area (TPSA) is 44.8 Å². The van der Waals surface area contributed by atoms with E-state index in [1.54, 1.807) is 6.92 Å². The lowest BCUT2D eigenvalue weighted by Crippen LogP contribution is -2.00. The molecular weight excluding hydrogens is 271 g/mol. The third-order valence-corrected chi connectivity index (χ3v) is 5.15. The highest BCUT2D eigenvalue weighted by atomic mass is 32.2. The van der Waals surface area contributed by atoms with Gasteiger partial charge in [-0.1, -0.05) is 25.1 Å². The van der Waals surface area contributed by atoms with Crippen molar-refractivity contribution in [3.8, 4) is 5.75 Å². The van der Waals surface area contributed by atoms with Crippen molar-refractivity contribution in [2.75, 3.05) is 18.7 Å². The average Bonchev–Trinajstić information content (AvgIpc) is 2.38. The number of hydrogen-bond donors (Lipinski definition) is 0. The Morgan fingerprint density at radius 3 is 2.50 bits per heavy atom. The molecule has 6 heteroatoms. The molecule has 0 fully saturated rings. The number of para-hydroxylation sites is 1. The lowest BCUT2D eigenvalue weighted by molar-refractivity contribution is 0.215. The second-order valence-electron chi connectivity index (χ2n) is 3.51. The first kappa shape index (κ1) is 15.6. The molecule has 0 aliphatic carbocycles. The van der Waals surface area contributed by atoms with Gasteiger partial charge in [-0.15, -0.1) is 0 Å². The van der Waals surface area contributed by atoms with Gasteiger partial charge in [0.25, 0.3) is 0 Å². The highest BCUT2D eigenvalue weighted by Gasteiger charge is 2.24. The lowest BCUT2D eigenvalue weighted by atomic mass is 10.3. The Morgan fingerprint density at radius 1 is 1.17 bits per heavy atom. The van der Waals surface area contributed by atoms with Crippen LogP contribution in [0.1, 0.15) is 20.3 Å². The zero-order valence-corrected chi connectivity index (χ0v) is 12.4. The van der Waals surface area contributed by atoms with Crippen LogP contribution in [0.5, 0.6) is 5.75 Å².